The first kappa shape index (κ1) is 19.2. The molecule has 0 unspecified atom stereocenters. The predicted molar refractivity (Wildman–Crippen MR) is 101 cm³/mol. The van der Waals surface area contributed by atoms with Crippen LogP contribution in [0.15, 0.2) is 59.0 Å². The summed E-state index contributed by atoms with van der Waals surface area (Å²) >= 11 is 0. The highest BCUT2D eigenvalue weighted by Gasteiger charge is 2.16. The Labute approximate surface area is 161 Å². The van der Waals surface area contributed by atoms with Crippen LogP contribution in [-0.4, -0.2) is 31.4 Å². The molecule has 28 heavy (non-hydrogen) atoms. The summed E-state index contributed by atoms with van der Waals surface area (Å²) in [7, 11) is 0. The van der Waals surface area contributed by atoms with Gasteiger partial charge in [0.25, 0.3) is 5.91 Å². The third-order valence-corrected chi connectivity index (χ3v) is 4.00. The Morgan fingerprint density at radius 2 is 1.86 bits per heavy atom. The molecule has 0 aliphatic rings. The number of amides is 1. The molecular formula is C21H19NO6. The predicted octanol–water partition coefficient (Wildman–Crippen LogP) is 3.04. The SMILES string of the molecule is C[C@@H](NC(=O)COC(=O)COc1ccccc1C=O)c1cc2ccccc2o1. The van der Waals surface area contributed by atoms with Crippen LogP contribution in [0.2, 0.25) is 0 Å². The van der Waals surface area contributed by atoms with Gasteiger partial charge in [-0.15, -0.1) is 0 Å². The lowest BCUT2D eigenvalue weighted by Gasteiger charge is -2.12. The Kier molecular flexibility index (Phi) is 6.06. The van der Waals surface area contributed by atoms with E-state index in [1.165, 1.54) is 0 Å². The summed E-state index contributed by atoms with van der Waals surface area (Å²) in [6.07, 6.45) is 0.633. The number of aldehydes is 1. The van der Waals surface area contributed by atoms with Crippen molar-refractivity contribution in [1.82, 2.24) is 5.32 Å². The van der Waals surface area contributed by atoms with Crippen LogP contribution in [0.25, 0.3) is 11.0 Å². The van der Waals surface area contributed by atoms with Gasteiger partial charge in [0.05, 0.1) is 11.6 Å². The normalized spacial score (nSPS) is 11.6. The van der Waals surface area contributed by atoms with Crippen LogP contribution in [0, 0.1) is 0 Å². The minimum Gasteiger partial charge on any atom is -0.481 e. The molecule has 0 saturated heterocycles. The number of benzene rings is 2. The number of furan rings is 1. The smallest absolute Gasteiger partial charge is 0.344 e. The largest absolute Gasteiger partial charge is 0.481 e. The number of ether oxygens (including phenoxy) is 2. The lowest BCUT2D eigenvalue weighted by molar-refractivity contribution is -0.150. The molecule has 0 fully saturated rings. The van der Waals surface area contributed by atoms with E-state index < -0.39 is 25.1 Å². The molecule has 144 valence electrons. The summed E-state index contributed by atoms with van der Waals surface area (Å²) in [5.74, 6) is -0.297. The zero-order chi connectivity index (χ0) is 19.9. The molecule has 1 heterocycles. The summed E-state index contributed by atoms with van der Waals surface area (Å²) in [5.41, 5.74) is 1.06. The number of fused-ring (bicyclic) bond motifs is 1. The Bertz CT molecular complexity index is 960. The fourth-order valence-corrected chi connectivity index (χ4v) is 2.60. The van der Waals surface area contributed by atoms with Gasteiger partial charge in [0.1, 0.15) is 17.1 Å². The van der Waals surface area contributed by atoms with Gasteiger partial charge in [-0.1, -0.05) is 30.3 Å². The number of nitrogens with one attached hydrogen (secondary N) is 1. The molecule has 0 bridgehead atoms. The van der Waals surface area contributed by atoms with Crippen molar-refractivity contribution in [3.05, 3.63) is 65.9 Å². The summed E-state index contributed by atoms with van der Waals surface area (Å²) in [6.45, 7) is 0.927. The molecule has 1 atom stereocenters. The lowest BCUT2D eigenvalue weighted by atomic mass is 10.2. The fourth-order valence-electron chi connectivity index (χ4n) is 2.60. The molecule has 0 saturated carbocycles. The summed E-state index contributed by atoms with van der Waals surface area (Å²) < 4.78 is 15.8. The van der Waals surface area contributed by atoms with Crippen molar-refractivity contribution in [2.45, 2.75) is 13.0 Å². The van der Waals surface area contributed by atoms with Crippen LogP contribution >= 0.6 is 0 Å². The van der Waals surface area contributed by atoms with Gasteiger partial charge in [-0.2, -0.15) is 0 Å². The molecule has 1 amide bonds. The highest BCUT2D eigenvalue weighted by Crippen LogP contribution is 2.23. The maximum absolute atomic E-state index is 12.0. The number of carbonyl (C=O) groups is 3. The van der Waals surface area contributed by atoms with E-state index in [0.717, 1.165) is 11.0 Å². The topological polar surface area (TPSA) is 94.8 Å². The van der Waals surface area contributed by atoms with Crippen LogP contribution in [-0.2, 0) is 14.3 Å². The summed E-state index contributed by atoms with van der Waals surface area (Å²) in [6, 6.07) is 15.5. The van der Waals surface area contributed by atoms with Gasteiger partial charge in [0.2, 0.25) is 0 Å². The molecule has 7 nitrogen and oxygen atoms in total. The minimum atomic E-state index is -0.716. The first-order chi connectivity index (χ1) is 13.6. The van der Waals surface area contributed by atoms with E-state index in [-0.39, 0.29) is 11.8 Å². The first-order valence-corrected chi connectivity index (χ1v) is 8.67. The molecule has 2 aromatic carbocycles. The third-order valence-electron chi connectivity index (χ3n) is 4.00. The number of para-hydroxylation sites is 2. The van der Waals surface area contributed by atoms with Gasteiger partial charge in [0.15, 0.2) is 19.5 Å². The fraction of sp³-hybridized carbons (Fsp3) is 0.190. The van der Waals surface area contributed by atoms with E-state index in [1.807, 2.05) is 30.3 Å². The number of carbonyl (C=O) groups excluding carboxylic acids is 3. The van der Waals surface area contributed by atoms with Gasteiger partial charge < -0.3 is 19.2 Å². The van der Waals surface area contributed by atoms with E-state index in [0.29, 0.717) is 17.6 Å². The van der Waals surface area contributed by atoms with Crippen molar-refractivity contribution in [2.75, 3.05) is 13.2 Å². The Balaban J connectivity index is 1.45. The van der Waals surface area contributed by atoms with Gasteiger partial charge in [-0.05, 0) is 31.2 Å². The lowest BCUT2D eigenvalue weighted by Crippen LogP contribution is -2.31. The standard InChI is InChI=1S/C21H19NO6/c1-14(19-10-15-6-2-5-9-18(15)28-19)22-20(24)12-27-21(25)13-26-17-8-4-3-7-16(17)11-23/h2-11,14H,12-13H2,1H3,(H,22,24)/t14-/m1/s1. The van der Waals surface area contributed by atoms with Crippen molar-refractivity contribution in [3.8, 4) is 5.75 Å². The average molecular weight is 381 g/mol. The second-order valence-electron chi connectivity index (χ2n) is 6.08. The Morgan fingerprint density at radius 3 is 2.64 bits per heavy atom. The van der Waals surface area contributed by atoms with Gasteiger partial charge in [-0.3, -0.25) is 9.59 Å². The molecule has 3 aromatic rings. The molecular weight excluding hydrogens is 362 g/mol. The highest BCUT2D eigenvalue weighted by molar-refractivity contribution is 5.82. The van der Waals surface area contributed by atoms with Crippen LogP contribution < -0.4 is 10.1 Å². The zero-order valence-corrected chi connectivity index (χ0v) is 15.2. The van der Waals surface area contributed by atoms with Gasteiger partial charge in [0, 0.05) is 5.39 Å². The van der Waals surface area contributed by atoms with Crippen LogP contribution in [0.4, 0.5) is 0 Å². The molecule has 0 radical (unpaired) electrons. The van der Waals surface area contributed by atoms with Crippen LogP contribution in [0.5, 0.6) is 5.75 Å². The van der Waals surface area contributed by atoms with Crippen LogP contribution in [0.3, 0.4) is 0 Å². The maximum atomic E-state index is 12.0. The zero-order valence-electron chi connectivity index (χ0n) is 15.2. The monoisotopic (exact) mass is 381 g/mol. The molecule has 0 spiro atoms. The number of esters is 1. The highest BCUT2D eigenvalue weighted by atomic mass is 16.6. The number of rotatable bonds is 8. The maximum Gasteiger partial charge on any atom is 0.344 e. The molecule has 1 aromatic heterocycles. The van der Waals surface area contributed by atoms with E-state index in [9.17, 15) is 14.4 Å². The van der Waals surface area contributed by atoms with E-state index in [1.54, 1.807) is 31.2 Å². The van der Waals surface area contributed by atoms with Gasteiger partial charge in [-0.25, -0.2) is 4.79 Å². The Morgan fingerprint density at radius 1 is 1.11 bits per heavy atom. The quantitative estimate of drug-likeness (QED) is 0.476. The minimum absolute atomic E-state index is 0.275. The van der Waals surface area contributed by atoms with Crippen molar-refractivity contribution >= 4 is 29.1 Å². The van der Waals surface area contributed by atoms with Crippen molar-refractivity contribution < 1.29 is 28.3 Å². The van der Waals surface area contributed by atoms with E-state index in [4.69, 9.17) is 13.9 Å². The summed E-state index contributed by atoms with van der Waals surface area (Å²) in [4.78, 5) is 34.7. The third kappa shape index (κ3) is 4.76. The second kappa shape index (κ2) is 8.85. The van der Waals surface area contributed by atoms with Crippen LogP contribution in [0.1, 0.15) is 29.1 Å². The second-order valence-corrected chi connectivity index (χ2v) is 6.08. The van der Waals surface area contributed by atoms with E-state index >= 15 is 0 Å². The summed E-state index contributed by atoms with van der Waals surface area (Å²) in [5, 5.41) is 3.65. The first-order valence-electron chi connectivity index (χ1n) is 8.67. The van der Waals surface area contributed by atoms with Gasteiger partial charge >= 0.3 is 5.97 Å². The van der Waals surface area contributed by atoms with Crippen molar-refractivity contribution in [3.63, 3.8) is 0 Å². The number of hydrogen-bond donors (Lipinski definition) is 1. The molecule has 1 N–H and O–H groups in total. The molecule has 3 rings (SSSR count). The van der Waals surface area contributed by atoms with Crippen molar-refractivity contribution in [2.24, 2.45) is 0 Å². The molecule has 0 aliphatic heterocycles. The van der Waals surface area contributed by atoms with Crippen molar-refractivity contribution in [1.29, 1.82) is 0 Å². The molecule has 0 aliphatic carbocycles. The van der Waals surface area contributed by atoms with E-state index in [2.05, 4.69) is 5.32 Å². The molecule has 7 heteroatoms. The average Bonchev–Trinajstić information content (AvgIpc) is 3.15. The number of hydrogen-bond acceptors (Lipinski definition) is 6. The Hall–Kier alpha value is -3.61.